The van der Waals surface area contributed by atoms with Crippen molar-refractivity contribution >= 4 is 17.4 Å². The summed E-state index contributed by atoms with van der Waals surface area (Å²) in [4.78, 5) is 20.8. The Labute approximate surface area is 124 Å². The number of carbonyl (C=O) groups excluding carboxylic acids is 1. The first-order valence-electron chi connectivity index (χ1n) is 7.61. The highest BCUT2D eigenvalue weighted by atomic mass is 16.5. The zero-order valence-corrected chi connectivity index (χ0v) is 12.2. The molecule has 2 fully saturated rings. The van der Waals surface area contributed by atoms with E-state index in [1.165, 1.54) is 0 Å². The van der Waals surface area contributed by atoms with Crippen LogP contribution in [0.2, 0.25) is 0 Å². The van der Waals surface area contributed by atoms with E-state index < -0.39 is 0 Å². The molecule has 1 aromatic rings. The number of nitrogens with zero attached hydrogens (tertiary/aromatic N) is 3. The smallest absolute Gasteiger partial charge is 0.251 e. The van der Waals surface area contributed by atoms with Gasteiger partial charge in [0.2, 0.25) is 0 Å². The molecule has 6 heteroatoms. The quantitative estimate of drug-likeness (QED) is 0.875. The summed E-state index contributed by atoms with van der Waals surface area (Å²) < 4.78 is 5.59. The first-order chi connectivity index (χ1) is 10.3. The average Bonchev–Trinajstić information content (AvgIpc) is 2.56. The van der Waals surface area contributed by atoms with Gasteiger partial charge in [0.1, 0.15) is 6.10 Å². The van der Waals surface area contributed by atoms with Gasteiger partial charge in [0.05, 0.1) is 5.69 Å². The topological polar surface area (TPSA) is 71.7 Å². The van der Waals surface area contributed by atoms with Gasteiger partial charge >= 0.3 is 0 Å². The number of aromatic nitrogens is 1. The highest BCUT2D eigenvalue weighted by Crippen LogP contribution is 2.21. The second-order valence-corrected chi connectivity index (χ2v) is 5.58. The molecule has 2 saturated heterocycles. The molecule has 1 aromatic heterocycles. The normalized spacial score (nSPS) is 23.1. The largest absolute Gasteiger partial charge is 0.396 e. The fourth-order valence-corrected chi connectivity index (χ4v) is 2.95. The number of pyridine rings is 1. The molecule has 114 valence electrons. The molecule has 0 saturated carbocycles. The van der Waals surface area contributed by atoms with Crippen LogP contribution in [0.5, 0.6) is 0 Å². The molecule has 2 aliphatic heterocycles. The molecule has 1 atom stereocenters. The third-order valence-electron chi connectivity index (χ3n) is 4.16. The second-order valence-electron chi connectivity index (χ2n) is 5.58. The van der Waals surface area contributed by atoms with Crippen LogP contribution >= 0.6 is 0 Å². The number of nitrogen functional groups attached to an aromatic ring is 1. The molecule has 0 spiro atoms. The van der Waals surface area contributed by atoms with Crippen LogP contribution in [-0.2, 0) is 9.53 Å². The fraction of sp³-hybridized carbons (Fsp3) is 0.600. The second kappa shape index (κ2) is 6.30. The molecule has 0 aromatic carbocycles. The van der Waals surface area contributed by atoms with Crippen LogP contribution in [0, 0.1) is 0 Å². The van der Waals surface area contributed by atoms with Crippen LogP contribution in [0.4, 0.5) is 11.5 Å². The monoisotopic (exact) mass is 290 g/mol. The number of nitrogens with two attached hydrogens (primary N) is 1. The van der Waals surface area contributed by atoms with Gasteiger partial charge in [0, 0.05) is 39.0 Å². The lowest BCUT2D eigenvalue weighted by Gasteiger charge is -2.37. The highest BCUT2D eigenvalue weighted by molar-refractivity contribution is 5.81. The molecule has 1 unspecified atom stereocenters. The van der Waals surface area contributed by atoms with E-state index in [0.29, 0.717) is 25.4 Å². The van der Waals surface area contributed by atoms with Gasteiger partial charge in [-0.3, -0.25) is 4.79 Å². The van der Waals surface area contributed by atoms with Crippen molar-refractivity contribution in [1.29, 1.82) is 0 Å². The van der Waals surface area contributed by atoms with E-state index >= 15 is 0 Å². The van der Waals surface area contributed by atoms with Crippen molar-refractivity contribution in [2.24, 2.45) is 0 Å². The van der Waals surface area contributed by atoms with Gasteiger partial charge in [-0.25, -0.2) is 4.98 Å². The summed E-state index contributed by atoms with van der Waals surface area (Å²) in [6.07, 6.45) is 4.52. The minimum absolute atomic E-state index is 0.142. The first-order valence-corrected chi connectivity index (χ1v) is 7.61. The third kappa shape index (κ3) is 3.10. The van der Waals surface area contributed by atoms with Crippen molar-refractivity contribution in [3.63, 3.8) is 0 Å². The van der Waals surface area contributed by atoms with E-state index in [9.17, 15) is 4.79 Å². The Morgan fingerprint density at radius 1 is 1.29 bits per heavy atom. The molecule has 2 N–H and O–H groups in total. The lowest BCUT2D eigenvalue weighted by atomic mass is 10.1. The first kappa shape index (κ1) is 14.1. The molecule has 6 nitrogen and oxygen atoms in total. The van der Waals surface area contributed by atoms with Gasteiger partial charge in [-0.05, 0) is 31.4 Å². The van der Waals surface area contributed by atoms with Gasteiger partial charge in [-0.15, -0.1) is 0 Å². The number of hydrogen-bond acceptors (Lipinski definition) is 5. The maximum Gasteiger partial charge on any atom is 0.251 e. The van der Waals surface area contributed by atoms with E-state index in [1.54, 1.807) is 6.20 Å². The summed E-state index contributed by atoms with van der Waals surface area (Å²) in [7, 11) is 0. The van der Waals surface area contributed by atoms with Crippen LogP contribution in [0.25, 0.3) is 0 Å². The maximum atomic E-state index is 12.4. The predicted octanol–water partition coefficient (Wildman–Crippen LogP) is 0.881. The number of anilines is 2. The molecule has 1 amide bonds. The summed E-state index contributed by atoms with van der Waals surface area (Å²) in [5, 5.41) is 0. The van der Waals surface area contributed by atoms with Gasteiger partial charge in [-0.2, -0.15) is 0 Å². The Bertz CT molecular complexity index is 494. The Morgan fingerprint density at radius 3 is 2.76 bits per heavy atom. The minimum atomic E-state index is -0.231. The average molecular weight is 290 g/mol. The summed E-state index contributed by atoms with van der Waals surface area (Å²) in [6.45, 7) is 3.64. The Morgan fingerprint density at radius 2 is 2.10 bits per heavy atom. The Balaban J connectivity index is 1.57. The Hall–Kier alpha value is -1.82. The van der Waals surface area contributed by atoms with Crippen molar-refractivity contribution in [3.05, 3.63) is 18.3 Å². The zero-order valence-electron chi connectivity index (χ0n) is 12.2. The molecular formula is C15H22N4O2. The number of carbonyl (C=O) groups is 1. The Kier molecular flexibility index (Phi) is 4.24. The van der Waals surface area contributed by atoms with Gasteiger partial charge < -0.3 is 20.3 Å². The van der Waals surface area contributed by atoms with Crippen molar-refractivity contribution in [2.45, 2.75) is 25.4 Å². The van der Waals surface area contributed by atoms with E-state index in [-0.39, 0.29) is 12.0 Å². The molecule has 0 aliphatic carbocycles. The highest BCUT2D eigenvalue weighted by Gasteiger charge is 2.29. The zero-order chi connectivity index (χ0) is 14.7. The SMILES string of the molecule is Nc1cccnc1N1CCN(C(=O)C2CCCCO2)CC1. The van der Waals surface area contributed by atoms with E-state index in [1.807, 2.05) is 17.0 Å². The summed E-state index contributed by atoms with van der Waals surface area (Å²) in [5.41, 5.74) is 6.65. The molecular weight excluding hydrogens is 268 g/mol. The van der Waals surface area contributed by atoms with E-state index in [0.717, 1.165) is 38.2 Å². The fourth-order valence-electron chi connectivity index (χ4n) is 2.95. The minimum Gasteiger partial charge on any atom is -0.396 e. The van der Waals surface area contributed by atoms with E-state index in [4.69, 9.17) is 10.5 Å². The summed E-state index contributed by atoms with van der Waals surface area (Å²) >= 11 is 0. The maximum absolute atomic E-state index is 12.4. The lowest BCUT2D eigenvalue weighted by Crippen LogP contribution is -2.52. The molecule has 2 aliphatic rings. The number of rotatable bonds is 2. The summed E-state index contributed by atoms with van der Waals surface area (Å²) in [5.74, 6) is 0.960. The number of ether oxygens (including phenoxy) is 1. The van der Waals surface area contributed by atoms with Gasteiger partial charge in [0.25, 0.3) is 5.91 Å². The van der Waals surface area contributed by atoms with Crippen molar-refractivity contribution < 1.29 is 9.53 Å². The standard InChI is InChI=1S/C15H22N4O2/c16-12-4-3-6-17-14(12)18-7-9-19(10-8-18)15(20)13-5-1-2-11-21-13/h3-4,6,13H,1-2,5,7-11,16H2. The molecule has 0 radical (unpaired) electrons. The van der Waals surface area contributed by atoms with E-state index in [2.05, 4.69) is 9.88 Å². The molecule has 3 heterocycles. The number of piperazine rings is 1. The van der Waals surface area contributed by atoms with Crippen molar-refractivity contribution in [2.75, 3.05) is 43.4 Å². The van der Waals surface area contributed by atoms with Crippen LogP contribution in [0.15, 0.2) is 18.3 Å². The predicted molar refractivity (Wildman–Crippen MR) is 81.0 cm³/mol. The van der Waals surface area contributed by atoms with Gasteiger partial charge in [0.15, 0.2) is 5.82 Å². The van der Waals surface area contributed by atoms with Gasteiger partial charge in [-0.1, -0.05) is 0 Å². The number of amides is 1. The molecule has 3 rings (SSSR count). The van der Waals surface area contributed by atoms with Crippen LogP contribution in [-0.4, -0.2) is 54.7 Å². The third-order valence-corrected chi connectivity index (χ3v) is 4.16. The molecule has 0 bridgehead atoms. The van der Waals surface area contributed by atoms with Crippen molar-refractivity contribution in [3.8, 4) is 0 Å². The number of hydrogen-bond donors (Lipinski definition) is 1. The van der Waals surface area contributed by atoms with Crippen LogP contribution in [0.1, 0.15) is 19.3 Å². The molecule has 21 heavy (non-hydrogen) atoms. The lowest BCUT2D eigenvalue weighted by molar-refractivity contribution is -0.146. The van der Waals surface area contributed by atoms with Crippen molar-refractivity contribution in [1.82, 2.24) is 9.88 Å². The van der Waals surface area contributed by atoms with Crippen LogP contribution < -0.4 is 10.6 Å². The summed E-state index contributed by atoms with van der Waals surface area (Å²) in [6, 6.07) is 3.69. The van der Waals surface area contributed by atoms with Crippen LogP contribution in [0.3, 0.4) is 0 Å².